The van der Waals surface area contributed by atoms with Gasteiger partial charge in [-0.1, -0.05) is 198 Å². The van der Waals surface area contributed by atoms with E-state index in [9.17, 15) is 14.4 Å². The number of esters is 3. The summed E-state index contributed by atoms with van der Waals surface area (Å²) in [7, 11) is 0. The summed E-state index contributed by atoms with van der Waals surface area (Å²) < 4.78 is 16.7. The van der Waals surface area contributed by atoms with E-state index in [4.69, 9.17) is 14.2 Å². The Morgan fingerprint density at radius 1 is 0.375 bits per heavy atom. The molecule has 0 radical (unpaired) electrons. The second-order valence-electron chi connectivity index (χ2n) is 15.6. The SMILES string of the molecule is CC/C=C\C/C=C\CCCCCCCC(=O)OCC(COC(=O)CC/C=C\C/C=C\CCCCCCCC)OC(=O)CCCCCCCCCCCCCCC. The van der Waals surface area contributed by atoms with Crippen LogP contribution in [0.15, 0.2) is 48.6 Å². The first-order valence-electron chi connectivity index (χ1n) is 23.6. The Morgan fingerprint density at radius 3 is 1.18 bits per heavy atom. The lowest BCUT2D eigenvalue weighted by atomic mass is 10.0. The molecule has 0 bridgehead atoms. The zero-order valence-electron chi connectivity index (χ0n) is 36.9. The lowest BCUT2D eigenvalue weighted by Crippen LogP contribution is -2.30. The van der Waals surface area contributed by atoms with Crippen molar-refractivity contribution in [1.29, 1.82) is 0 Å². The molecule has 0 heterocycles. The Morgan fingerprint density at radius 2 is 0.732 bits per heavy atom. The monoisotopic (exact) mass is 785 g/mol. The highest BCUT2D eigenvalue weighted by Gasteiger charge is 2.19. The molecule has 0 aliphatic carbocycles. The first kappa shape index (κ1) is 53.4. The lowest BCUT2D eigenvalue weighted by molar-refractivity contribution is -0.166. The van der Waals surface area contributed by atoms with Gasteiger partial charge in [-0.05, 0) is 64.2 Å². The van der Waals surface area contributed by atoms with E-state index >= 15 is 0 Å². The maximum Gasteiger partial charge on any atom is 0.306 e. The van der Waals surface area contributed by atoms with Crippen molar-refractivity contribution < 1.29 is 28.6 Å². The highest BCUT2D eigenvalue weighted by molar-refractivity contribution is 5.71. The van der Waals surface area contributed by atoms with Gasteiger partial charge in [0.1, 0.15) is 13.2 Å². The molecular weight excluding hydrogens is 697 g/mol. The van der Waals surface area contributed by atoms with Gasteiger partial charge in [-0.25, -0.2) is 0 Å². The highest BCUT2D eigenvalue weighted by Crippen LogP contribution is 2.14. The molecule has 0 N–H and O–H groups in total. The number of hydrogen-bond donors (Lipinski definition) is 0. The molecule has 0 spiro atoms. The molecule has 0 fully saturated rings. The Balaban J connectivity index is 4.45. The number of ether oxygens (including phenoxy) is 3. The Bertz CT molecular complexity index is 996. The fraction of sp³-hybridized carbons (Fsp3) is 0.780. The third-order valence-electron chi connectivity index (χ3n) is 10.1. The summed E-state index contributed by atoms with van der Waals surface area (Å²) in [5, 5.41) is 0. The van der Waals surface area contributed by atoms with E-state index in [0.717, 1.165) is 83.5 Å². The minimum Gasteiger partial charge on any atom is -0.462 e. The molecule has 0 saturated carbocycles. The van der Waals surface area contributed by atoms with Gasteiger partial charge in [-0.15, -0.1) is 0 Å². The number of allylic oxidation sites excluding steroid dienone is 8. The zero-order valence-corrected chi connectivity index (χ0v) is 36.9. The van der Waals surface area contributed by atoms with Crippen molar-refractivity contribution in [3.63, 3.8) is 0 Å². The molecule has 0 rings (SSSR count). The topological polar surface area (TPSA) is 78.9 Å². The Labute approximate surface area is 346 Å². The van der Waals surface area contributed by atoms with Gasteiger partial charge < -0.3 is 14.2 Å². The van der Waals surface area contributed by atoms with Crippen molar-refractivity contribution in [1.82, 2.24) is 0 Å². The van der Waals surface area contributed by atoms with Crippen LogP contribution in [-0.4, -0.2) is 37.2 Å². The number of unbranched alkanes of at least 4 members (excludes halogenated alkanes) is 23. The van der Waals surface area contributed by atoms with E-state index in [0.29, 0.717) is 19.3 Å². The van der Waals surface area contributed by atoms with Crippen LogP contribution in [0.25, 0.3) is 0 Å². The fourth-order valence-corrected chi connectivity index (χ4v) is 6.53. The summed E-state index contributed by atoms with van der Waals surface area (Å²) in [6, 6.07) is 0. The number of carbonyl (C=O) groups is 3. The van der Waals surface area contributed by atoms with E-state index in [1.807, 2.05) is 6.08 Å². The highest BCUT2D eigenvalue weighted by atomic mass is 16.6. The van der Waals surface area contributed by atoms with Gasteiger partial charge in [-0.3, -0.25) is 14.4 Å². The summed E-state index contributed by atoms with van der Waals surface area (Å²) in [6.07, 6.45) is 52.5. The zero-order chi connectivity index (χ0) is 40.8. The summed E-state index contributed by atoms with van der Waals surface area (Å²) in [6.45, 7) is 6.45. The molecule has 6 heteroatoms. The van der Waals surface area contributed by atoms with E-state index in [1.54, 1.807) is 0 Å². The third-order valence-corrected chi connectivity index (χ3v) is 10.1. The molecule has 324 valence electrons. The standard InChI is InChI=1S/C50H88O6/c1-4-7-10-13-16-19-22-25-28-31-34-37-40-43-49(52)55-46-47(45-54-48(51)42-39-36-33-30-27-24-21-18-15-12-9-6-3)56-50(53)44-41-38-35-32-29-26-23-20-17-14-11-8-5-2/h9,12,18,21,25,28,34,37,47H,4-8,10-11,13-17,19-20,22-24,26-27,29-33,35-36,38-46H2,1-3H3/b12-9-,21-18-,28-25-,37-34-. The second-order valence-corrected chi connectivity index (χ2v) is 15.6. The number of carbonyl (C=O) groups excluding carboxylic acids is 3. The minimum absolute atomic E-state index is 0.0960. The van der Waals surface area contributed by atoms with E-state index < -0.39 is 6.10 Å². The second kappa shape index (κ2) is 45.1. The quantitative estimate of drug-likeness (QED) is 0.0265. The van der Waals surface area contributed by atoms with Crippen LogP contribution in [0.3, 0.4) is 0 Å². The van der Waals surface area contributed by atoms with Crippen LogP contribution in [0.1, 0.15) is 233 Å². The van der Waals surface area contributed by atoms with Gasteiger partial charge in [0, 0.05) is 19.3 Å². The molecule has 0 amide bonds. The van der Waals surface area contributed by atoms with Crippen LogP contribution in [0.5, 0.6) is 0 Å². The molecule has 1 atom stereocenters. The Hall–Kier alpha value is -2.63. The van der Waals surface area contributed by atoms with Gasteiger partial charge in [-0.2, -0.15) is 0 Å². The summed E-state index contributed by atoms with van der Waals surface area (Å²) in [5.74, 6) is -0.978. The molecule has 0 aromatic rings. The first-order valence-corrected chi connectivity index (χ1v) is 23.6. The van der Waals surface area contributed by atoms with Crippen LogP contribution in [0.4, 0.5) is 0 Å². The van der Waals surface area contributed by atoms with Crippen molar-refractivity contribution in [2.45, 2.75) is 239 Å². The van der Waals surface area contributed by atoms with Crippen LogP contribution < -0.4 is 0 Å². The predicted molar refractivity (Wildman–Crippen MR) is 238 cm³/mol. The minimum atomic E-state index is -0.796. The van der Waals surface area contributed by atoms with E-state index in [2.05, 4.69) is 63.3 Å². The normalized spacial score (nSPS) is 12.4. The van der Waals surface area contributed by atoms with Crippen molar-refractivity contribution in [3.8, 4) is 0 Å². The fourth-order valence-electron chi connectivity index (χ4n) is 6.53. The molecular formula is C50H88O6. The molecule has 0 aliphatic rings. The number of hydrogen-bond acceptors (Lipinski definition) is 6. The number of rotatable bonds is 42. The van der Waals surface area contributed by atoms with Gasteiger partial charge in [0.05, 0.1) is 0 Å². The first-order chi connectivity index (χ1) is 27.5. The molecule has 0 aromatic heterocycles. The Kier molecular flexibility index (Phi) is 43.0. The summed E-state index contributed by atoms with van der Waals surface area (Å²) in [5.41, 5.74) is 0. The average molecular weight is 785 g/mol. The van der Waals surface area contributed by atoms with Crippen molar-refractivity contribution >= 4 is 17.9 Å². The van der Waals surface area contributed by atoms with Crippen LogP contribution in [0, 0.1) is 0 Å². The molecule has 0 aliphatic heterocycles. The molecule has 1 unspecified atom stereocenters. The maximum atomic E-state index is 12.7. The van der Waals surface area contributed by atoms with Crippen LogP contribution >= 0.6 is 0 Å². The van der Waals surface area contributed by atoms with Gasteiger partial charge in [0.25, 0.3) is 0 Å². The molecule has 6 nitrogen and oxygen atoms in total. The summed E-state index contributed by atoms with van der Waals surface area (Å²) in [4.78, 5) is 37.7. The van der Waals surface area contributed by atoms with E-state index in [-0.39, 0.29) is 37.5 Å². The van der Waals surface area contributed by atoms with E-state index in [1.165, 1.54) is 103 Å². The summed E-state index contributed by atoms with van der Waals surface area (Å²) >= 11 is 0. The van der Waals surface area contributed by atoms with Gasteiger partial charge >= 0.3 is 17.9 Å². The lowest BCUT2D eigenvalue weighted by Gasteiger charge is -2.18. The third kappa shape index (κ3) is 42.5. The van der Waals surface area contributed by atoms with Crippen molar-refractivity contribution in [3.05, 3.63) is 48.6 Å². The smallest absolute Gasteiger partial charge is 0.306 e. The van der Waals surface area contributed by atoms with Crippen LogP contribution in [0.2, 0.25) is 0 Å². The van der Waals surface area contributed by atoms with Crippen LogP contribution in [-0.2, 0) is 28.6 Å². The van der Waals surface area contributed by atoms with Gasteiger partial charge in [0.15, 0.2) is 6.10 Å². The largest absolute Gasteiger partial charge is 0.462 e. The average Bonchev–Trinajstić information content (AvgIpc) is 3.19. The molecule has 0 saturated heterocycles. The van der Waals surface area contributed by atoms with Gasteiger partial charge in [0.2, 0.25) is 0 Å². The molecule has 56 heavy (non-hydrogen) atoms. The predicted octanol–water partition coefficient (Wildman–Crippen LogP) is 15.1. The maximum absolute atomic E-state index is 12.7. The van der Waals surface area contributed by atoms with Crippen molar-refractivity contribution in [2.24, 2.45) is 0 Å². The van der Waals surface area contributed by atoms with Crippen molar-refractivity contribution in [2.75, 3.05) is 13.2 Å². The molecule has 0 aromatic carbocycles.